The van der Waals surface area contributed by atoms with Crippen LogP contribution < -0.4 is 10.2 Å². The molecule has 2 amide bonds. The number of anilines is 1. The van der Waals surface area contributed by atoms with Crippen LogP contribution in [0.5, 0.6) is 0 Å². The van der Waals surface area contributed by atoms with Crippen molar-refractivity contribution >= 4 is 45.8 Å². The molecule has 0 radical (unpaired) electrons. The number of carbonyl (C=O) groups is 2. The Morgan fingerprint density at radius 2 is 1.76 bits per heavy atom. The van der Waals surface area contributed by atoms with E-state index in [2.05, 4.69) is 5.32 Å². The van der Waals surface area contributed by atoms with Gasteiger partial charge in [-0.25, -0.2) is 0 Å². The molecule has 4 nitrogen and oxygen atoms in total. The third-order valence-corrected chi connectivity index (χ3v) is 5.70. The van der Waals surface area contributed by atoms with Gasteiger partial charge in [0.25, 0.3) is 5.91 Å². The smallest absolute Gasteiger partial charge is 0.256 e. The topological polar surface area (TPSA) is 49.4 Å². The van der Waals surface area contributed by atoms with E-state index in [-0.39, 0.29) is 17.1 Å². The van der Waals surface area contributed by atoms with Crippen molar-refractivity contribution < 1.29 is 9.59 Å². The minimum atomic E-state index is -0.670. The largest absolute Gasteiger partial charge is 0.343 e. The zero-order chi connectivity index (χ0) is 18.0. The van der Waals surface area contributed by atoms with E-state index >= 15 is 0 Å². The molecule has 0 aliphatic carbocycles. The second kappa shape index (κ2) is 7.37. The summed E-state index contributed by atoms with van der Waals surface area (Å²) < 4.78 is 0.495. The second-order valence-corrected chi connectivity index (χ2v) is 7.63. The van der Waals surface area contributed by atoms with Gasteiger partial charge < -0.3 is 5.32 Å². The maximum Gasteiger partial charge on any atom is 0.256 e. The molecule has 2 aromatic carbocycles. The maximum absolute atomic E-state index is 13.2. The molecular weight excluding hydrogens is 352 g/mol. The Morgan fingerprint density at radius 3 is 2.40 bits per heavy atom. The second-order valence-electron chi connectivity index (χ2n) is 5.85. The Hall–Kier alpha value is -2.18. The standard InChI is InChI=1S/C19H18N2O2S2/c1-12-8-6-7-11-15(12)21-18(23)16(20-13(2)22)17(25-19(21)24)14-9-4-3-5-10-14/h3-11,16-17H,1-2H3,(H,20,22)/t16-,17+/m0/s1. The third-order valence-electron chi connectivity index (χ3n) is 4.04. The molecule has 3 rings (SSSR count). The van der Waals surface area contributed by atoms with Crippen molar-refractivity contribution in [3.05, 3.63) is 65.7 Å². The fourth-order valence-electron chi connectivity index (χ4n) is 2.88. The van der Waals surface area contributed by atoms with Crippen LogP contribution >= 0.6 is 24.0 Å². The van der Waals surface area contributed by atoms with Gasteiger partial charge in [0.2, 0.25) is 5.91 Å². The van der Waals surface area contributed by atoms with Crippen LogP contribution in [0.3, 0.4) is 0 Å². The maximum atomic E-state index is 13.2. The first-order valence-electron chi connectivity index (χ1n) is 7.91. The highest BCUT2D eigenvalue weighted by Crippen LogP contribution is 2.41. The lowest BCUT2D eigenvalue weighted by molar-refractivity contribution is -0.126. The minimum absolute atomic E-state index is 0.206. The van der Waals surface area contributed by atoms with Crippen LogP contribution in [-0.2, 0) is 9.59 Å². The molecular formula is C19H18N2O2S2. The fraction of sp³-hybridized carbons (Fsp3) is 0.211. The Labute approximate surface area is 156 Å². The molecule has 0 aromatic heterocycles. The molecule has 1 aliphatic rings. The van der Waals surface area contributed by atoms with Crippen LogP contribution in [-0.4, -0.2) is 22.2 Å². The molecule has 1 N–H and O–H groups in total. The molecule has 1 fully saturated rings. The number of para-hydroxylation sites is 1. The number of nitrogens with one attached hydrogen (secondary N) is 1. The molecule has 0 bridgehead atoms. The number of amides is 2. The SMILES string of the molecule is CC(=O)N[C@@H]1C(=O)N(c2ccccc2C)C(=S)S[C@@H]1c1ccccc1. The highest BCUT2D eigenvalue weighted by molar-refractivity contribution is 8.23. The van der Waals surface area contributed by atoms with E-state index < -0.39 is 6.04 Å². The normalized spacial score (nSPS) is 20.5. The first kappa shape index (κ1) is 17.6. The summed E-state index contributed by atoms with van der Waals surface area (Å²) in [4.78, 5) is 26.5. The van der Waals surface area contributed by atoms with Gasteiger partial charge in [-0.05, 0) is 24.1 Å². The van der Waals surface area contributed by atoms with Gasteiger partial charge in [-0.1, -0.05) is 72.5 Å². The summed E-state index contributed by atoms with van der Waals surface area (Å²) in [7, 11) is 0. The predicted molar refractivity (Wildman–Crippen MR) is 106 cm³/mol. The molecule has 0 saturated carbocycles. The lowest BCUT2D eigenvalue weighted by Crippen LogP contribution is -2.55. The molecule has 2 aromatic rings. The van der Waals surface area contributed by atoms with Crippen molar-refractivity contribution in [1.29, 1.82) is 0 Å². The van der Waals surface area contributed by atoms with Gasteiger partial charge in [-0.3, -0.25) is 14.5 Å². The minimum Gasteiger partial charge on any atom is -0.343 e. The number of aryl methyl sites for hydroxylation is 1. The molecule has 6 heteroatoms. The summed E-state index contributed by atoms with van der Waals surface area (Å²) in [6.45, 7) is 3.36. The highest BCUT2D eigenvalue weighted by atomic mass is 32.2. The monoisotopic (exact) mass is 370 g/mol. The van der Waals surface area contributed by atoms with Crippen molar-refractivity contribution in [1.82, 2.24) is 5.32 Å². The summed E-state index contributed by atoms with van der Waals surface area (Å²) in [5, 5.41) is 2.56. The third kappa shape index (κ3) is 3.60. The average Bonchev–Trinajstić information content (AvgIpc) is 2.59. The molecule has 2 atom stereocenters. The van der Waals surface area contributed by atoms with Gasteiger partial charge in [-0.2, -0.15) is 0 Å². The summed E-state index contributed by atoms with van der Waals surface area (Å²) in [5.74, 6) is -0.445. The summed E-state index contributed by atoms with van der Waals surface area (Å²) in [6.07, 6.45) is 0. The van der Waals surface area contributed by atoms with E-state index in [1.807, 2.05) is 61.5 Å². The fourth-order valence-corrected chi connectivity index (χ4v) is 4.50. The molecule has 0 unspecified atom stereocenters. The van der Waals surface area contributed by atoms with Crippen molar-refractivity contribution in [2.75, 3.05) is 4.90 Å². The number of carbonyl (C=O) groups excluding carboxylic acids is 2. The predicted octanol–water partition coefficient (Wildman–Crippen LogP) is 3.61. The van der Waals surface area contributed by atoms with Gasteiger partial charge in [0.1, 0.15) is 10.4 Å². The molecule has 128 valence electrons. The zero-order valence-electron chi connectivity index (χ0n) is 13.9. The Bertz CT molecular complexity index is 823. The van der Waals surface area contributed by atoms with E-state index in [0.29, 0.717) is 4.32 Å². The number of rotatable bonds is 3. The Kier molecular flexibility index (Phi) is 5.20. The van der Waals surface area contributed by atoms with Crippen LogP contribution in [0.25, 0.3) is 0 Å². The molecule has 0 spiro atoms. The van der Waals surface area contributed by atoms with Crippen LogP contribution in [0.15, 0.2) is 54.6 Å². The van der Waals surface area contributed by atoms with Crippen LogP contribution in [0.4, 0.5) is 5.69 Å². The number of hydrogen-bond acceptors (Lipinski definition) is 4. The highest BCUT2D eigenvalue weighted by Gasteiger charge is 2.42. The van der Waals surface area contributed by atoms with Gasteiger partial charge >= 0.3 is 0 Å². The van der Waals surface area contributed by atoms with E-state index in [1.165, 1.54) is 23.6 Å². The van der Waals surface area contributed by atoms with Crippen molar-refractivity contribution in [2.24, 2.45) is 0 Å². The van der Waals surface area contributed by atoms with Gasteiger partial charge in [-0.15, -0.1) is 0 Å². The number of benzene rings is 2. The average molecular weight is 370 g/mol. The van der Waals surface area contributed by atoms with Crippen LogP contribution in [0.1, 0.15) is 23.3 Å². The van der Waals surface area contributed by atoms with E-state index in [9.17, 15) is 9.59 Å². The quantitative estimate of drug-likeness (QED) is 0.839. The Balaban J connectivity index is 2.02. The molecule has 1 heterocycles. The lowest BCUT2D eigenvalue weighted by Gasteiger charge is -2.38. The summed E-state index contributed by atoms with van der Waals surface area (Å²) in [5.41, 5.74) is 2.68. The summed E-state index contributed by atoms with van der Waals surface area (Å²) in [6, 6.07) is 16.6. The van der Waals surface area contributed by atoms with Crippen molar-refractivity contribution in [3.63, 3.8) is 0 Å². The zero-order valence-corrected chi connectivity index (χ0v) is 15.6. The lowest BCUT2D eigenvalue weighted by atomic mass is 10.0. The summed E-state index contributed by atoms with van der Waals surface area (Å²) >= 11 is 6.97. The first-order chi connectivity index (χ1) is 12.0. The van der Waals surface area contributed by atoms with E-state index in [1.54, 1.807) is 0 Å². The molecule has 25 heavy (non-hydrogen) atoms. The van der Waals surface area contributed by atoms with Crippen LogP contribution in [0, 0.1) is 6.92 Å². The first-order valence-corrected chi connectivity index (χ1v) is 9.20. The van der Waals surface area contributed by atoms with Gasteiger partial charge in [0.15, 0.2) is 0 Å². The number of nitrogens with zero attached hydrogens (tertiary/aromatic N) is 1. The number of thiocarbonyl (C=S) groups is 1. The number of hydrogen-bond donors (Lipinski definition) is 1. The van der Waals surface area contributed by atoms with E-state index in [0.717, 1.165) is 16.8 Å². The Morgan fingerprint density at radius 1 is 1.12 bits per heavy atom. The van der Waals surface area contributed by atoms with Crippen molar-refractivity contribution in [2.45, 2.75) is 25.1 Å². The van der Waals surface area contributed by atoms with Crippen molar-refractivity contribution in [3.8, 4) is 0 Å². The van der Waals surface area contributed by atoms with Crippen LogP contribution in [0.2, 0.25) is 0 Å². The van der Waals surface area contributed by atoms with Gasteiger partial charge in [0.05, 0.1) is 10.9 Å². The molecule has 1 saturated heterocycles. The van der Waals surface area contributed by atoms with E-state index in [4.69, 9.17) is 12.2 Å². The molecule has 1 aliphatic heterocycles. The number of thioether (sulfide) groups is 1. The van der Waals surface area contributed by atoms with Gasteiger partial charge in [0, 0.05) is 6.92 Å².